The van der Waals surface area contributed by atoms with Crippen molar-refractivity contribution in [2.45, 2.75) is 65.7 Å². The van der Waals surface area contributed by atoms with Gasteiger partial charge in [0.1, 0.15) is 0 Å². The van der Waals surface area contributed by atoms with Gasteiger partial charge in [-0.3, -0.25) is 0 Å². The van der Waals surface area contributed by atoms with E-state index in [-0.39, 0.29) is 0 Å². The van der Waals surface area contributed by atoms with Crippen LogP contribution in [0.25, 0.3) is 0 Å². The van der Waals surface area contributed by atoms with Crippen LogP contribution in [0.3, 0.4) is 0 Å². The largest absolute Gasteiger partial charge is 0.123 e. The first-order valence-electron chi connectivity index (χ1n) is 7.98. The molecule has 1 saturated carbocycles. The van der Waals surface area contributed by atoms with Crippen molar-refractivity contribution in [1.29, 1.82) is 0 Å². The van der Waals surface area contributed by atoms with Crippen LogP contribution in [0, 0.1) is 31.1 Å². The lowest BCUT2D eigenvalue weighted by Gasteiger charge is -2.40. The Labute approximate surface area is 129 Å². The molecular formula is C19H29Cl. The van der Waals surface area contributed by atoms with Crippen LogP contribution >= 0.6 is 11.6 Å². The monoisotopic (exact) mass is 292 g/mol. The van der Waals surface area contributed by atoms with E-state index in [1.54, 1.807) is 0 Å². The minimum Gasteiger partial charge on any atom is -0.123 e. The van der Waals surface area contributed by atoms with Gasteiger partial charge in [-0.15, -0.1) is 11.6 Å². The van der Waals surface area contributed by atoms with Crippen molar-refractivity contribution in [3.8, 4) is 0 Å². The van der Waals surface area contributed by atoms with E-state index in [9.17, 15) is 0 Å². The number of hydrogen-bond donors (Lipinski definition) is 0. The molecular weight excluding hydrogens is 264 g/mol. The van der Waals surface area contributed by atoms with E-state index in [1.165, 1.54) is 36.0 Å². The van der Waals surface area contributed by atoms with E-state index in [4.69, 9.17) is 11.6 Å². The molecule has 1 aliphatic carbocycles. The fourth-order valence-corrected chi connectivity index (χ4v) is 3.98. The molecule has 1 aromatic rings. The van der Waals surface area contributed by atoms with Gasteiger partial charge in [0.15, 0.2) is 0 Å². The quantitative estimate of drug-likeness (QED) is 0.594. The summed E-state index contributed by atoms with van der Waals surface area (Å²) in [5, 5.41) is 0.354. The summed E-state index contributed by atoms with van der Waals surface area (Å²) in [5.74, 6) is 1.45. The zero-order chi connectivity index (χ0) is 14.9. The maximum atomic E-state index is 6.65. The van der Waals surface area contributed by atoms with E-state index >= 15 is 0 Å². The third-order valence-electron chi connectivity index (χ3n) is 5.23. The topological polar surface area (TPSA) is 0 Å². The van der Waals surface area contributed by atoms with Gasteiger partial charge in [-0.05, 0) is 73.5 Å². The number of rotatable bonds is 2. The average molecular weight is 293 g/mol. The Bertz CT molecular complexity index is 435. The van der Waals surface area contributed by atoms with Crippen molar-refractivity contribution in [2.75, 3.05) is 0 Å². The second-order valence-electron chi connectivity index (χ2n) is 7.73. The van der Waals surface area contributed by atoms with E-state index in [2.05, 4.69) is 52.8 Å². The maximum absolute atomic E-state index is 6.65. The Morgan fingerprint density at radius 2 is 1.70 bits per heavy atom. The second-order valence-corrected chi connectivity index (χ2v) is 8.29. The van der Waals surface area contributed by atoms with Gasteiger partial charge >= 0.3 is 0 Å². The van der Waals surface area contributed by atoms with Crippen LogP contribution in [-0.2, 0) is 6.42 Å². The molecule has 0 amide bonds. The number of halogens is 1. The van der Waals surface area contributed by atoms with Gasteiger partial charge in [0.2, 0.25) is 0 Å². The third kappa shape index (κ3) is 3.58. The standard InChI is InChI=1S/C19H29Cl/c1-13-7-6-8-14(2)17(13)12-15-11-16(19(3,4)5)9-10-18(15)20/h6-8,15-16,18H,9-12H2,1-5H3. The second kappa shape index (κ2) is 6.10. The van der Waals surface area contributed by atoms with Crippen LogP contribution in [-0.4, -0.2) is 5.38 Å². The van der Waals surface area contributed by atoms with Crippen LogP contribution < -0.4 is 0 Å². The molecule has 0 aliphatic heterocycles. The smallest absolute Gasteiger partial charge is 0.0367 e. The third-order valence-corrected chi connectivity index (χ3v) is 5.80. The van der Waals surface area contributed by atoms with Crippen molar-refractivity contribution in [3.63, 3.8) is 0 Å². The number of alkyl halides is 1. The highest BCUT2D eigenvalue weighted by Gasteiger charge is 2.35. The van der Waals surface area contributed by atoms with Crippen LogP contribution in [0.4, 0.5) is 0 Å². The summed E-state index contributed by atoms with van der Waals surface area (Å²) in [6.45, 7) is 11.6. The molecule has 3 atom stereocenters. The predicted octanol–water partition coefficient (Wildman–Crippen LogP) is 5.92. The number of benzene rings is 1. The first-order chi connectivity index (χ1) is 9.29. The molecule has 2 rings (SSSR count). The summed E-state index contributed by atoms with van der Waals surface area (Å²) >= 11 is 6.65. The summed E-state index contributed by atoms with van der Waals surface area (Å²) < 4.78 is 0. The van der Waals surface area contributed by atoms with Crippen molar-refractivity contribution >= 4 is 11.6 Å². The van der Waals surface area contributed by atoms with Crippen molar-refractivity contribution < 1.29 is 0 Å². The normalized spacial score (nSPS) is 27.6. The average Bonchev–Trinajstić information content (AvgIpc) is 2.34. The fraction of sp³-hybridized carbons (Fsp3) is 0.684. The molecule has 1 aromatic carbocycles. The molecule has 0 nitrogen and oxygen atoms in total. The molecule has 3 unspecified atom stereocenters. The lowest BCUT2D eigenvalue weighted by molar-refractivity contribution is 0.144. The lowest BCUT2D eigenvalue weighted by atomic mass is 9.67. The van der Waals surface area contributed by atoms with Crippen LogP contribution in [0.15, 0.2) is 18.2 Å². The molecule has 0 saturated heterocycles. The summed E-state index contributed by atoms with van der Waals surface area (Å²) in [7, 11) is 0. The summed E-state index contributed by atoms with van der Waals surface area (Å²) in [5.41, 5.74) is 4.78. The van der Waals surface area contributed by atoms with Gasteiger partial charge in [-0.25, -0.2) is 0 Å². The SMILES string of the molecule is Cc1cccc(C)c1CC1CC(C(C)(C)C)CCC1Cl. The van der Waals surface area contributed by atoms with Gasteiger partial charge in [0.25, 0.3) is 0 Å². The van der Waals surface area contributed by atoms with E-state index in [0.29, 0.717) is 16.7 Å². The summed E-state index contributed by atoms with van der Waals surface area (Å²) in [4.78, 5) is 0. The summed E-state index contributed by atoms with van der Waals surface area (Å²) in [6.07, 6.45) is 4.91. The Hall–Kier alpha value is -0.490. The molecule has 20 heavy (non-hydrogen) atoms. The zero-order valence-corrected chi connectivity index (χ0v) is 14.4. The molecule has 1 aliphatic rings. The molecule has 112 valence electrons. The molecule has 0 aromatic heterocycles. The molecule has 0 heterocycles. The zero-order valence-electron chi connectivity index (χ0n) is 13.7. The Kier molecular flexibility index (Phi) is 4.84. The molecule has 1 heteroatoms. The Morgan fingerprint density at radius 3 is 2.25 bits per heavy atom. The highest BCUT2D eigenvalue weighted by molar-refractivity contribution is 6.20. The molecule has 0 N–H and O–H groups in total. The first-order valence-corrected chi connectivity index (χ1v) is 8.42. The maximum Gasteiger partial charge on any atom is 0.0367 e. The molecule has 0 radical (unpaired) electrons. The van der Waals surface area contributed by atoms with Crippen LogP contribution in [0.1, 0.15) is 56.7 Å². The van der Waals surface area contributed by atoms with Crippen LogP contribution in [0.5, 0.6) is 0 Å². The van der Waals surface area contributed by atoms with Crippen molar-refractivity contribution in [3.05, 3.63) is 34.9 Å². The summed E-state index contributed by atoms with van der Waals surface area (Å²) in [6, 6.07) is 6.62. The van der Waals surface area contributed by atoms with Crippen molar-refractivity contribution in [1.82, 2.24) is 0 Å². The number of hydrogen-bond acceptors (Lipinski definition) is 0. The molecule has 0 spiro atoms. The van der Waals surface area contributed by atoms with Crippen molar-refractivity contribution in [2.24, 2.45) is 17.3 Å². The lowest BCUT2D eigenvalue weighted by Crippen LogP contribution is -2.33. The van der Waals surface area contributed by atoms with E-state index in [1.807, 2.05) is 0 Å². The first kappa shape index (κ1) is 15.9. The minimum atomic E-state index is 0.354. The van der Waals surface area contributed by atoms with Crippen LogP contribution in [0.2, 0.25) is 0 Å². The fourth-order valence-electron chi connectivity index (χ4n) is 3.66. The predicted molar refractivity (Wildman–Crippen MR) is 89.5 cm³/mol. The number of aryl methyl sites for hydroxylation is 2. The van der Waals surface area contributed by atoms with E-state index in [0.717, 1.165) is 12.3 Å². The Morgan fingerprint density at radius 1 is 1.10 bits per heavy atom. The van der Waals surface area contributed by atoms with E-state index < -0.39 is 0 Å². The minimum absolute atomic E-state index is 0.354. The van der Waals surface area contributed by atoms with Gasteiger partial charge in [-0.2, -0.15) is 0 Å². The van der Waals surface area contributed by atoms with Gasteiger partial charge in [-0.1, -0.05) is 39.0 Å². The van der Waals surface area contributed by atoms with Gasteiger partial charge in [0, 0.05) is 5.38 Å². The molecule has 0 bridgehead atoms. The van der Waals surface area contributed by atoms with Gasteiger partial charge < -0.3 is 0 Å². The molecule has 1 fully saturated rings. The van der Waals surface area contributed by atoms with Gasteiger partial charge in [0.05, 0.1) is 0 Å². The Balaban J connectivity index is 2.15. The highest BCUT2D eigenvalue weighted by atomic mass is 35.5. The highest BCUT2D eigenvalue weighted by Crippen LogP contribution is 2.43.